The van der Waals surface area contributed by atoms with Crippen LogP contribution in [0, 0.1) is 0 Å². The molecule has 0 aliphatic carbocycles. The van der Waals surface area contributed by atoms with E-state index in [1.807, 2.05) is 0 Å². The Balaban J connectivity index is 1.85. The molecular formula is C15H23N3O. The Morgan fingerprint density at radius 1 is 1.26 bits per heavy atom. The van der Waals surface area contributed by atoms with Gasteiger partial charge in [0.1, 0.15) is 0 Å². The second-order valence-corrected chi connectivity index (χ2v) is 5.12. The molecule has 0 radical (unpaired) electrons. The van der Waals surface area contributed by atoms with Gasteiger partial charge < -0.3 is 11.1 Å². The minimum absolute atomic E-state index is 0.0208. The first-order valence-electron chi connectivity index (χ1n) is 7.05. The van der Waals surface area contributed by atoms with Crippen molar-refractivity contribution in [1.82, 2.24) is 10.2 Å². The van der Waals surface area contributed by atoms with Gasteiger partial charge in [-0.15, -0.1) is 0 Å². The molecule has 4 nitrogen and oxygen atoms in total. The molecule has 0 atom stereocenters. The lowest BCUT2D eigenvalue weighted by atomic mass is 10.1. The van der Waals surface area contributed by atoms with Gasteiger partial charge in [-0.2, -0.15) is 0 Å². The highest BCUT2D eigenvalue weighted by Gasteiger charge is 2.11. The minimum Gasteiger partial charge on any atom is -0.352 e. The predicted octanol–water partition coefficient (Wildman–Crippen LogP) is 1.25. The maximum Gasteiger partial charge on any atom is 0.221 e. The van der Waals surface area contributed by atoms with Crippen LogP contribution in [-0.2, 0) is 17.9 Å². The molecule has 1 aromatic rings. The van der Waals surface area contributed by atoms with E-state index in [1.54, 1.807) is 0 Å². The molecule has 3 N–H and O–H groups in total. The summed E-state index contributed by atoms with van der Waals surface area (Å²) in [4.78, 5) is 13.9. The van der Waals surface area contributed by atoms with Crippen LogP contribution in [0.5, 0.6) is 0 Å². The lowest BCUT2D eigenvalue weighted by molar-refractivity contribution is -0.121. The third kappa shape index (κ3) is 4.65. The van der Waals surface area contributed by atoms with E-state index in [9.17, 15) is 4.79 Å². The summed E-state index contributed by atoms with van der Waals surface area (Å²) in [5.41, 5.74) is 7.83. The van der Waals surface area contributed by atoms with Crippen molar-refractivity contribution < 1.29 is 4.79 Å². The number of likely N-dealkylation sites (tertiary alicyclic amines) is 1. The third-order valence-corrected chi connectivity index (χ3v) is 3.46. The number of amides is 1. The number of rotatable bonds is 6. The number of carbonyl (C=O) groups is 1. The summed E-state index contributed by atoms with van der Waals surface area (Å²) in [7, 11) is 0. The summed E-state index contributed by atoms with van der Waals surface area (Å²) < 4.78 is 0. The van der Waals surface area contributed by atoms with Crippen molar-refractivity contribution in [3.8, 4) is 0 Å². The maximum atomic E-state index is 11.4. The van der Waals surface area contributed by atoms with E-state index in [2.05, 4.69) is 34.5 Å². The molecule has 0 spiro atoms. The van der Waals surface area contributed by atoms with Crippen LogP contribution in [0.1, 0.15) is 30.4 Å². The average Bonchev–Trinajstić information content (AvgIpc) is 2.90. The van der Waals surface area contributed by atoms with E-state index in [0.717, 1.165) is 12.1 Å². The molecule has 1 aliphatic rings. The summed E-state index contributed by atoms with van der Waals surface area (Å²) in [5.74, 6) is 0.0208. The van der Waals surface area contributed by atoms with Crippen molar-refractivity contribution in [3.05, 3.63) is 35.4 Å². The average molecular weight is 261 g/mol. The Hall–Kier alpha value is -1.39. The van der Waals surface area contributed by atoms with Gasteiger partial charge in [-0.1, -0.05) is 24.3 Å². The van der Waals surface area contributed by atoms with Gasteiger partial charge in [0.25, 0.3) is 0 Å². The lowest BCUT2D eigenvalue weighted by Gasteiger charge is -2.15. The molecule has 1 fully saturated rings. The molecule has 0 bridgehead atoms. The number of nitrogens with two attached hydrogens (primary N) is 1. The molecule has 0 aromatic heterocycles. The summed E-state index contributed by atoms with van der Waals surface area (Å²) in [5, 5.41) is 2.89. The number of hydrogen-bond acceptors (Lipinski definition) is 3. The van der Waals surface area contributed by atoms with E-state index < -0.39 is 0 Å². The van der Waals surface area contributed by atoms with Gasteiger partial charge in [0.2, 0.25) is 5.91 Å². The van der Waals surface area contributed by atoms with Crippen LogP contribution in [0.25, 0.3) is 0 Å². The maximum absolute atomic E-state index is 11.4. The van der Waals surface area contributed by atoms with Crippen molar-refractivity contribution in [2.75, 3.05) is 19.6 Å². The molecule has 0 unspecified atom stereocenters. The van der Waals surface area contributed by atoms with Gasteiger partial charge in [-0.05, 0) is 37.1 Å². The second-order valence-electron chi connectivity index (χ2n) is 5.12. The van der Waals surface area contributed by atoms with E-state index in [0.29, 0.717) is 19.5 Å². The molecule has 0 saturated carbocycles. The van der Waals surface area contributed by atoms with E-state index >= 15 is 0 Å². The molecule has 1 aliphatic heterocycles. The molecule has 4 heteroatoms. The largest absolute Gasteiger partial charge is 0.352 e. The monoisotopic (exact) mass is 261 g/mol. The summed E-state index contributed by atoms with van der Waals surface area (Å²) >= 11 is 0. The molecule has 19 heavy (non-hydrogen) atoms. The van der Waals surface area contributed by atoms with Gasteiger partial charge in [0.15, 0.2) is 0 Å². The molecule has 1 saturated heterocycles. The van der Waals surface area contributed by atoms with E-state index in [-0.39, 0.29) is 5.91 Å². The van der Waals surface area contributed by atoms with Crippen LogP contribution in [0.15, 0.2) is 24.3 Å². The topological polar surface area (TPSA) is 58.4 Å². The molecule has 104 valence electrons. The quantitative estimate of drug-likeness (QED) is 0.810. The first-order chi connectivity index (χ1) is 9.28. The van der Waals surface area contributed by atoms with Gasteiger partial charge in [-0.3, -0.25) is 9.69 Å². The standard InChI is InChI=1S/C15H23N3O/c16-7-6-15(19)17-11-13-4-3-5-14(10-13)12-18-8-1-2-9-18/h3-5,10H,1-2,6-9,11-12,16H2,(H,17,19). The number of hydrogen-bond donors (Lipinski definition) is 2. The summed E-state index contributed by atoms with van der Waals surface area (Å²) in [6, 6.07) is 8.45. The van der Waals surface area contributed by atoms with Crippen molar-refractivity contribution in [1.29, 1.82) is 0 Å². The Bertz CT molecular complexity index is 414. The van der Waals surface area contributed by atoms with Crippen molar-refractivity contribution in [2.45, 2.75) is 32.4 Å². The number of benzene rings is 1. The fourth-order valence-electron chi connectivity index (χ4n) is 2.46. The Labute approximate surface area is 115 Å². The highest BCUT2D eigenvalue weighted by molar-refractivity contribution is 5.76. The van der Waals surface area contributed by atoms with Crippen LogP contribution < -0.4 is 11.1 Å². The first-order valence-corrected chi connectivity index (χ1v) is 7.05. The molecule has 2 rings (SSSR count). The molecular weight excluding hydrogens is 238 g/mol. The van der Waals surface area contributed by atoms with Crippen molar-refractivity contribution in [3.63, 3.8) is 0 Å². The normalized spacial score (nSPS) is 15.6. The van der Waals surface area contributed by atoms with Gasteiger partial charge in [-0.25, -0.2) is 0 Å². The minimum atomic E-state index is 0.0208. The van der Waals surface area contributed by atoms with E-state index in [1.165, 1.54) is 31.5 Å². The smallest absolute Gasteiger partial charge is 0.221 e. The number of nitrogens with one attached hydrogen (secondary N) is 1. The Morgan fingerprint density at radius 2 is 2.00 bits per heavy atom. The summed E-state index contributed by atoms with van der Waals surface area (Å²) in [6.45, 7) is 4.42. The number of nitrogens with zero attached hydrogens (tertiary/aromatic N) is 1. The molecule has 1 heterocycles. The fourth-order valence-corrected chi connectivity index (χ4v) is 2.46. The predicted molar refractivity (Wildman–Crippen MR) is 76.5 cm³/mol. The zero-order valence-corrected chi connectivity index (χ0v) is 11.4. The SMILES string of the molecule is NCCC(=O)NCc1cccc(CN2CCCC2)c1. The van der Waals surface area contributed by atoms with E-state index in [4.69, 9.17) is 5.73 Å². The van der Waals surface area contributed by atoms with Crippen LogP contribution in [-0.4, -0.2) is 30.4 Å². The first kappa shape index (κ1) is 14.0. The van der Waals surface area contributed by atoms with Crippen LogP contribution in [0.4, 0.5) is 0 Å². The zero-order chi connectivity index (χ0) is 13.5. The highest BCUT2D eigenvalue weighted by atomic mass is 16.1. The van der Waals surface area contributed by atoms with Crippen LogP contribution in [0.2, 0.25) is 0 Å². The second kappa shape index (κ2) is 7.26. The van der Waals surface area contributed by atoms with Crippen molar-refractivity contribution >= 4 is 5.91 Å². The highest BCUT2D eigenvalue weighted by Crippen LogP contribution is 2.13. The fraction of sp³-hybridized carbons (Fsp3) is 0.533. The molecule has 1 amide bonds. The van der Waals surface area contributed by atoms with Crippen LogP contribution in [0.3, 0.4) is 0 Å². The van der Waals surface area contributed by atoms with Crippen LogP contribution >= 0.6 is 0 Å². The van der Waals surface area contributed by atoms with Crippen molar-refractivity contribution in [2.24, 2.45) is 5.73 Å². The Kier molecular flexibility index (Phi) is 5.36. The van der Waals surface area contributed by atoms with Gasteiger partial charge in [0, 0.05) is 26.1 Å². The van der Waals surface area contributed by atoms with Gasteiger partial charge in [0.05, 0.1) is 0 Å². The van der Waals surface area contributed by atoms with Gasteiger partial charge >= 0.3 is 0 Å². The lowest BCUT2D eigenvalue weighted by Crippen LogP contribution is -2.25. The molecule has 1 aromatic carbocycles. The number of carbonyl (C=O) groups excluding carboxylic acids is 1. The third-order valence-electron chi connectivity index (χ3n) is 3.46. The Morgan fingerprint density at radius 3 is 2.74 bits per heavy atom. The summed E-state index contributed by atoms with van der Waals surface area (Å²) in [6.07, 6.45) is 3.02. The zero-order valence-electron chi connectivity index (χ0n) is 11.4.